The lowest BCUT2D eigenvalue weighted by Crippen LogP contribution is -2.66. The van der Waals surface area contributed by atoms with Crippen LogP contribution in [0.5, 0.6) is 0 Å². The van der Waals surface area contributed by atoms with Crippen molar-refractivity contribution < 1.29 is 18.7 Å². The van der Waals surface area contributed by atoms with Gasteiger partial charge < -0.3 is 18.7 Å². The minimum Gasteiger partial charge on any atom is -0.495 e. The molecule has 0 spiro atoms. The van der Waals surface area contributed by atoms with Crippen molar-refractivity contribution in [3.05, 3.63) is 72.5 Å². The van der Waals surface area contributed by atoms with Crippen molar-refractivity contribution in [3.8, 4) is 0 Å². The molecular weight excluding hydrogens is 565 g/mol. The van der Waals surface area contributed by atoms with Crippen LogP contribution in [-0.4, -0.2) is 47.2 Å². The summed E-state index contributed by atoms with van der Waals surface area (Å²) >= 11 is 0. The summed E-state index contributed by atoms with van der Waals surface area (Å²) in [7, 11) is -4.65. The molecule has 3 rings (SSSR count). The molecule has 6 heteroatoms. The molecule has 2 atom stereocenters. The van der Waals surface area contributed by atoms with Crippen molar-refractivity contribution in [3.63, 3.8) is 0 Å². The number of hydrogen-bond acceptors (Lipinski definition) is 4. The van der Waals surface area contributed by atoms with Crippen LogP contribution in [0.4, 0.5) is 0 Å². The summed E-state index contributed by atoms with van der Waals surface area (Å²) in [4.78, 5) is 0. The Labute approximate surface area is 265 Å². The molecule has 0 bridgehead atoms. The summed E-state index contributed by atoms with van der Waals surface area (Å²) in [5, 5.41) is 11.9. The third-order valence-corrected chi connectivity index (χ3v) is 20.7. The van der Waals surface area contributed by atoms with Crippen molar-refractivity contribution in [2.24, 2.45) is 0 Å². The molecular formula is C37H60O4Si2. The van der Waals surface area contributed by atoms with Crippen molar-refractivity contribution >= 4 is 27.0 Å². The zero-order valence-corrected chi connectivity index (χ0v) is 30.6. The van der Waals surface area contributed by atoms with Crippen molar-refractivity contribution in [1.82, 2.24) is 0 Å². The minimum atomic E-state index is -2.60. The average molecular weight is 625 g/mol. The van der Waals surface area contributed by atoms with Gasteiger partial charge in [-0.2, -0.15) is 0 Å². The molecule has 1 heterocycles. The first-order valence-electron chi connectivity index (χ1n) is 16.8. The first-order chi connectivity index (χ1) is 20.4. The summed E-state index contributed by atoms with van der Waals surface area (Å²) in [5.74, 6) is 1.06. The smallest absolute Gasteiger partial charge is 0.261 e. The Kier molecular flexibility index (Phi) is 13.3. The lowest BCUT2D eigenvalue weighted by molar-refractivity contribution is 0.0281. The summed E-state index contributed by atoms with van der Waals surface area (Å²) in [6, 6.07) is 21.8. The predicted octanol–water partition coefficient (Wildman–Crippen LogP) is 8.74. The highest BCUT2D eigenvalue weighted by Crippen LogP contribution is 2.44. The van der Waals surface area contributed by atoms with E-state index in [4.69, 9.17) is 13.6 Å². The zero-order chi connectivity index (χ0) is 31.7. The maximum absolute atomic E-state index is 9.28. The van der Waals surface area contributed by atoms with Crippen LogP contribution in [0.25, 0.3) is 0 Å². The van der Waals surface area contributed by atoms with Gasteiger partial charge in [-0.3, -0.25) is 0 Å². The summed E-state index contributed by atoms with van der Waals surface area (Å²) < 4.78 is 21.2. The van der Waals surface area contributed by atoms with Crippen LogP contribution in [0.1, 0.15) is 101 Å². The lowest BCUT2D eigenvalue weighted by Gasteiger charge is -2.46. The van der Waals surface area contributed by atoms with Gasteiger partial charge in [-0.15, -0.1) is 0 Å². The lowest BCUT2D eigenvalue weighted by atomic mass is 10.0. The first kappa shape index (κ1) is 35.8. The molecule has 0 aromatic heterocycles. The number of aliphatic hydroxyl groups is 1. The first-order valence-corrected chi connectivity index (χ1v) is 20.8. The molecule has 0 radical (unpaired) electrons. The van der Waals surface area contributed by atoms with Gasteiger partial charge in [0, 0.05) is 32.5 Å². The van der Waals surface area contributed by atoms with E-state index in [0.717, 1.165) is 44.3 Å². The molecule has 1 aliphatic heterocycles. The molecule has 1 aliphatic rings. The van der Waals surface area contributed by atoms with E-state index in [0.29, 0.717) is 23.2 Å². The van der Waals surface area contributed by atoms with Crippen molar-refractivity contribution in [2.45, 2.75) is 135 Å². The number of rotatable bonds is 16. The van der Waals surface area contributed by atoms with E-state index in [9.17, 15) is 5.11 Å². The van der Waals surface area contributed by atoms with Gasteiger partial charge in [0.05, 0.1) is 11.9 Å². The Hall–Kier alpha value is -1.71. The van der Waals surface area contributed by atoms with E-state index < -0.39 is 16.6 Å². The molecule has 0 unspecified atom stereocenters. The Balaban J connectivity index is 1.87. The SMILES string of the molecule is CC(C)[Si](O[C@H]1C=C(CCCCCO)O[C@@H](CCO[Si](c2ccccc2)(c2ccccc2)C(C)(C)C)C1)(C(C)C)C(C)C. The van der Waals surface area contributed by atoms with Crippen LogP contribution in [0.15, 0.2) is 72.5 Å². The molecule has 0 saturated heterocycles. The quantitative estimate of drug-likeness (QED) is 0.150. The number of hydrogen-bond donors (Lipinski definition) is 1. The molecule has 1 N–H and O–H groups in total. The second kappa shape index (κ2) is 16.0. The number of allylic oxidation sites excluding steroid dienone is 1. The van der Waals surface area contributed by atoms with E-state index in [1.165, 1.54) is 10.4 Å². The highest BCUT2D eigenvalue weighted by atomic mass is 28.4. The molecule has 43 heavy (non-hydrogen) atoms. The number of aliphatic hydroxyl groups excluding tert-OH is 1. The van der Waals surface area contributed by atoms with E-state index in [1.54, 1.807) is 0 Å². The molecule has 2 aromatic carbocycles. The largest absolute Gasteiger partial charge is 0.495 e. The van der Waals surface area contributed by atoms with Gasteiger partial charge in [0.25, 0.3) is 8.32 Å². The molecule has 2 aromatic rings. The number of unbranched alkanes of at least 4 members (excludes halogenated alkanes) is 2. The van der Waals surface area contributed by atoms with Gasteiger partial charge >= 0.3 is 0 Å². The van der Waals surface area contributed by atoms with Gasteiger partial charge in [0.2, 0.25) is 8.32 Å². The number of ether oxygens (including phenoxy) is 1. The highest BCUT2D eigenvalue weighted by Gasteiger charge is 2.50. The molecule has 4 nitrogen and oxygen atoms in total. The Morgan fingerprint density at radius 2 is 1.35 bits per heavy atom. The van der Waals surface area contributed by atoms with Crippen molar-refractivity contribution in [2.75, 3.05) is 13.2 Å². The molecule has 240 valence electrons. The second-order valence-electron chi connectivity index (χ2n) is 14.4. The summed E-state index contributed by atoms with van der Waals surface area (Å²) in [6.45, 7) is 22.1. The van der Waals surface area contributed by atoms with Crippen LogP contribution in [0, 0.1) is 0 Å². The van der Waals surface area contributed by atoms with E-state index >= 15 is 0 Å². The number of benzene rings is 2. The van der Waals surface area contributed by atoms with Gasteiger partial charge in [-0.1, -0.05) is 129 Å². The van der Waals surface area contributed by atoms with Gasteiger partial charge in [0.15, 0.2) is 0 Å². The molecule has 0 fully saturated rings. The van der Waals surface area contributed by atoms with Crippen LogP contribution >= 0.6 is 0 Å². The van der Waals surface area contributed by atoms with E-state index in [-0.39, 0.29) is 23.9 Å². The van der Waals surface area contributed by atoms with Crippen molar-refractivity contribution in [1.29, 1.82) is 0 Å². The monoisotopic (exact) mass is 624 g/mol. The van der Waals surface area contributed by atoms with Gasteiger partial charge in [-0.05, 0) is 51.0 Å². The second-order valence-corrected chi connectivity index (χ2v) is 24.1. The van der Waals surface area contributed by atoms with Gasteiger partial charge in [-0.25, -0.2) is 0 Å². The van der Waals surface area contributed by atoms with Crippen LogP contribution in [-0.2, 0) is 13.6 Å². The van der Waals surface area contributed by atoms with E-state index in [2.05, 4.69) is 129 Å². The standard InChI is InChI=1S/C37H60O4Si2/c1-29(2)42(30(3)4,31(5)6)41-34-27-32(19-13-12-18-25-38)40-33(28-34)24-26-39-43(37(7,8)9,35-20-14-10-15-21-35)36-22-16-11-17-23-36/h10-11,14-17,20-23,27,29-31,33-34,38H,12-13,18-19,24-26,28H2,1-9H3/t33-,34-/m0/s1. The highest BCUT2D eigenvalue weighted by molar-refractivity contribution is 6.99. The fourth-order valence-electron chi connectivity index (χ4n) is 7.60. The Bertz CT molecular complexity index is 1050. The minimum absolute atomic E-state index is 0.0520. The topological polar surface area (TPSA) is 47.9 Å². The van der Waals surface area contributed by atoms with E-state index in [1.807, 2.05) is 0 Å². The fourth-order valence-corrected chi connectivity index (χ4v) is 17.7. The fraction of sp³-hybridized carbons (Fsp3) is 0.622. The molecule has 0 amide bonds. The van der Waals surface area contributed by atoms with Crippen LogP contribution < -0.4 is 10.4 Å². The predicted molar refractivity (Wildman–Crippen MR) is 187 cm³/mol. The molecule has 0 saturated carbocycles. The maximum atomic E-state index is 9.28. The van der Waals surface area contributed by atoms with Gasteiger partial charge in [0.1, 0.15) is 6.10 Å². The van der Waals surface area contributed by atoms with Crippen LogP contribution in [0.3, 0.4) is 0 Å². The van der Waals surface area contributed by atoms with Crippen LogP contribution in [0.2, 0.25) is 21.7 Å². The maximum Gasteiger partial charge on any atom is 0.261 e. The zero-order valence-electron chi connectivity index (χ0n) is 28.6. The normalized spacial score (nSPS) is 18.3. The third kappa shape index (κ3) is 8.52. The molecule has 0 aliphatic carbocycles. The Morgan fingerprint density at radius 1 is 0.814 bits per heavy atom. The summed E-state index contributed by atoms with van der Waals surface area (Å²) in [5.41, 5.74) is 1.61. The summed E-state index contributed by atoms with van der Waals surface area (Å²) in [6.07, 6.45) is 7.87. The average Bonchev–Trinajstić information content (AvgIpc) is 2.96. The Morgan fingerprint density at radius 3 is 1.81 bits per heavy atom. The third-order valence-electron chi connectivity index (χ3n) is 9.50.